The van der Waals surface area contributed by atoms with Gasteiger partial charge in [0.2, 0.25) is 11.8 Å². The van der Waals surface area contributed by atoms with Gasteiger partial charge in [0, 0.05) is 44.2 Å². The molecular formula is C64H46N4O. The highest BCUT2D eigenvalue weighted by molar-refractivity contribution is 6.04. The van der Waals surface area contributed by atoms with E-state index in [1.807, 2.05) is 42.5 Å². The Kier molecular flexibility index (Phi) is 9.15. The minimum Gasteiger partial charge on any atom is -0.416 e. The maximum atomic E-state index is 6.06. The molecule has 328 valence electrons. The van der Waals surface area contributed by atoms with E-state index in [1.54, 1.807) is 0 Å². The second-order valence-electron chi connectivity index (χ2n) is 19.4. The van der Waals surface area contributed by atoms with Gasteiger partial charge < -0.3 is 4.42 Å². The lowest BCUT2D eigenvalue weighted by Crippen LogP contribution is -2.15. The zero-order valence-corrected chi connectivity index (χ0v) is 38.8. The fourth-order valence-corrected chi connectivity index (χ4v) is 11.0. The van der Waals surface area contributed by atoms with E-state index in [0.717, 1.165) is 78.1 Å². The predicted octanol–water partition coefficient (Wildman–Crippen LogP) is 16.3. The number of aromatic nitrogens is 4. The number of hydrogen-bond donors (Lipinski definition) is 0. The summed E-state index contributed by atoms with van der Waals surface area (Å²) in [7, 11) is 0. The van der Waals surface area contributed by atoms with E-state index in [2.05, 4.69) is 202 Å². The topological polar surface area (TPSA) is 64.7 Å². The first-order chi connectivity index (χ1) is 33.7. The SMILES string of the molecule is CC1(C)c2ccccc2-c2ccc(-c3ccc(-c4ccc5c(c4)C(C)(C)c4ccccc4-5)c4nc(-c5ccc(-c6ccc(-c7nnc(-c8ccccc8)o7)cc6)cc5)c(-c5ccccc5)nc34)cc21. The zero-order chi connectivity index (χ0) is 46.4. The number of hydrogen-bond acceptors (Lipinski definition) is 5. The molecule has 0 aliphatic heterocycles. The lowest BCUT2D eigenvalue weighted by atomic mass is 9.81. The van der Waals surface area contributed by atoms with Gasteiger partial charge in [-0.3, -0.25) is 0 Å². The Balaban J connectivity index is 0.956. The summed E-state index contributed by atoms with van der Waals surface area (Å²) in [5.74, 6) is 0.988. The van der Waals surface area contributed by atoms with Gasteiger partial charge in [0.05, 0.1) is 22.4 Å². The molecule has 2 heterocycles. The summed E-state index contributed by atoms with van der Waals surface area (Å²) in [5.41, 5.74) is 24.0. The van der Waals surface area contributed by atoms with Gasteiger partial charge in [-0.05, 0) is 103 Å². The van der Waals surface area contributed by atoms with Crippen LogP contribution in [0, 0.1) is 0 Å². The van der Waals surface area contributed by atoms with E-state index in [4.69, 9.17) is 14.4 Å². The molecule has 13 rings (SSSR count). The Bertz CT molecular complexity index is 3810. The summed E-state index contributed by atoms with van der Waals surface area (Å²) >= 11 is 0. The molecule has 0 amide bonds. The van der Waals surface area contributed by atoms with Gasteiger partial charge in [0.25, 0.3) is 0 Å². The molecule has 5 heteroatoms. The molecule has 0 spiro atoms. The van der Waals surface area contributed by atoms with E-state index in [-0.39, 0.29) is 10.8 Å². The number of nitrogens with zero attached hydrogens (tertiary/aromatic N) is 4. The molecule has 0 N–H and O–H groups in total. The van der Waals surface area contributed by atoms with Crippen LogP contribution in [0.1, 0.15) is 49.9 Å². The molecule has 0 saturated carbocycles. The maximum absolute atomic E-state index is 6.06. The van der Waals surface area contributed by atoms with Gasteiger partial charge in [-0.15, -0.1) is 10.2 Å². The fraction of sp³-hybridized carbons (Fsp3) is 0.0938. The fourth-order valence-electron chi connectivity index (χ4n) is 11.0. The third-order valence-corrected chi connectivity index (χ3v) is 14.7. The summed E-state index contributed by atoms with van der Waals surface area (Å²) in [6, 6.07) is 73.4. The van der Waals surface area contributed by atoms with Crippen LogP contribution >= 0.6 is 0 Å². The minimum atomic E-state index is -0.148. The van der Waals surface area contributed by atoms with Crippen molar-refractivity contribution >= 4 is 11.0 Å². The second kappa shape index (κ2) is 15.5. The van der Waals surface area contributed by atoms with Gasteiger partial charge in [-0.1, -0.05) is 198 Å². The first-order valence-corrected chi connectivity index (χ1v) is 23.7. The Morgan fingerprint density at radius 1 is 0.290 bits per heavy atom. The first kappa shape index (κ1) is 40.7. The molecule has 0 unspecified atom stereocenters. The van der Waals surface area contributed by atoms with Crippen molar-refractivity contribution in [1.82, 2.24) is 20.2 Å². The summed E-state index contributed by atoms with van der Waals surface area (Å²) < 4.78 is 6.06. The average Bonchev–Trinajstić information content (AvgIpc) is 4.06. The smallest absolute Gasteiger partial charge is 0.248 e. The van der Waals surface area contributed by atoms with Crippen molar-refractivity contribution in [2.45, 2.75) is 38.5 Å². The lowest BCUT2D eigenvalue weighted by Gasteiger charge is -2.23. The molecule has 2 aromatic heterocycles. The van der Waals surface area contributed by atoms with E-state index in [0.29, 0.717) is 11.8 Å². The monoisotopic (exact) mass is 886 g/mol. The Hall–Kier alpha value is -8.54. The standard InChI is InChI=1S/C64H46N4O/c1-63(2)53-21-13-11-19-49(53)51-33-31-45(37-55(51)63)47-35-36-48(46-32-34-52-50-20-12-14-22-54(50)64(3,4)56(52)38-46)60-59(47)65-57(41-15-7-5-8-16-41)58(66-60)42-27-23-39(24-28-42)40-25-29-44(30-26-40)62-68-67-61(69-62)43-17-9-6-10-18-43/h5-38H,1-4H3. The summed E-state index contributed by atoms with van der Waals surface area (Å²) in [6.07, 6.45) is 0. The van der Waals surface area contributed by atoms with Crippen LogP contribution in [-0.2, 0) is 10.8 Å². The minimum absolute atomic E-state index is 0.143. The van der Waals surface area contributed by atoms with Crippen LogP contribution in [-0.4, -0.2) is 20.2 Å². The van der Waals surface area contributed by atoms with Crippen LogP contribution in [0.4, 0.5) is 0 Å². The maximum Gasteiger partial charge on any atom is 0.248 e. The third-order valence-electron chi connectivity index (χ3n) is 14.7. The highest BCUT2D eigenvalue weighted by atomic mass is 16.4. The molecule has 0 saturated heterocycles. The average molecular weight is 887 g/mol. The molecule has 2 aliphatic carbocycles. The first-order valence-electron chi connectivity index (χ1n) is 23.7. The third kappa shape index (κ3) is 6.52. The molecule has 0 fully saturated rings. The largest absolute Gasteiger partial charge is 0.416 e. The summed E-state index contributed by atoms with van der Waals surface area (Å²) in [5, 5.41) is 8.64. The van der Waals surface area contributed by atoms with Gasteiger partial charge in [0.15, 0.2) is 0 Å². The van der Waals surface area contributed by atoms with E-state index < -0.39 is 0 Å². The van der Waals surface area contributed by atoms with Crippen LogP contribution in [0.25, 0.3) is 112 Å². The normalized spacial score (nSPS) is 13.7. The molecule has 0 radical (unpaired) electrons. The van der Waals surface area contributed by atoms with Crippen molar-refractivity contribution in [1.29, 1.82) is 0 Å². The van der Waals surface area contributed by atoms with Gasteiger partial charge >= 0.3 is 0 Å². The molecule has 9 aromatic carbocycles. The number of fused-ring (bicyclic) bond motifs is 7. The molecular weight excluding hydrogens is 841 g/mol. The Labute approximate surface area is 401 Å². The molecule has 69 heavy (non-hydrogen) atoms. The van der Waals surface area contributed by atoms with E-state index in [1.165, 1.54) is 44.5 Å². The summed E-state index contributed by atoms with van der Waals surface area (Å²) in [6.45, 7) is 9.36. The van der Waals surface area contributed by atoms with Gasteiger partial charge in [-0.2, -0.15) is 0 Å². The molecule has 11 aromatic rings. The predicted molar refractivity (Wildman–Crippen MR) is 281 cm³/mol. The lowest BCUT2D eigenvalue weighted by molar-refractivity contribution is 0.584. The molecule has 0 bridgehead atoms. The molecule has 0 atom stereocenters. The van der Waals surface area contributed by atoms with Crippen molar-refractivity contribution in [3.63, 3.8) is 0 Å². The van der Waals surface area contributed by atoms with Crippen molar-refractivity contribution in [2.75, 3.05) is 0 Å². The van der Waals surface area contributed by atoms with Crippen LogP contribution in [0.3, 0.4) is 0 Å². The van der Waals surface area contributed by atoms with Crippen molar-refractivity contribution in [2.24, 2.45) is 0 Å². The molecule has 5 nitrogen and oxygen atoms in total. The second-order valence-corrected chi connectivity index (χ2v) is 19.4. The van der Waals surface area contributed by atoms with Crippen LogP contribution in [0.5, 0.6) is 0 Å². The highest BCUT2D eigenvalue weighted by Gasteiger charge is 2.37. The quantitative estimate of drug-likeness (QED) is 0.160. The summed E-state index contributed by atoms with van der Waals surface area (Å²) in [4.78, 5) is 11.5. The number of benzene rings is 9. The highest BCUT2D eigenvalue weighted by Crippen LogP contribution is 2.52. The van der Waals surface area contributed by atoms with Crippen molar-refractivity contribution in [3.8, 4) is 101 Å². The zero-order valence-electron chi connectivity index (χ0n) is 38.8. The van der Waals surface area contributed by atoms with Crippen LogP contribution < -0.4 is 0 Å². The number of rotatable bonds is 7. The van der Waals surface area contributed by atoms with Crippen molar-refractivity contribution < 1.29 is 4.42 Å². The Morgan fingerprint density at radius 3 is 1.10 bits per heavy atom. The van der Waals surface area contributed by atoms with Crippen molar-refractivity contribution in [3.05, 3.63) is 229 Å². The Morgan fingerprint density at radius 2 is 0.623 bits per heavy atom. The molecule has 2 aliphatic rings. The van der Waals surface area contributed by atoms with Crippen LogP contribution in [0.15, 0.2) is 211 Å². The van der Waals surface area contributed by atoms with Crippen LogP contribution in [0.2, 0.25) is 0 Å². The van der Waals surface area contributed by atoms with E-state index >= 15 is 0 Å². The van der Waals surface area contributed by atoms with Gasteiger partial charge in [0.1, 0.15) is 0 Å². The van der Waals surface area contributed by atoms with E-state index in [9.17, 15) is 0 Å². The van der Waals surface area contributed by atoms with Gasteiger partial charge in [-0.25, -0.2) is 9.97 Å².